The number of hydrogen-bond donors (Lipinski definition) is 5. The second kappa shape index (κ2) is 6.54. The summed E-state index contributed by atoms with van der Waals surface area (Å²) in [5.74, 6) is -2.00. The van der Waals surface area contributed by atoms with Crippen LogP contribution >= 0.6 is 7.37 Å². The highest BCUT2D eigenvalue weighted by molar-refractivity contribution is 7.59. The van der Waals surface area contributed by atoms with E-state index in [4.69, 9.17) is 4.74 Å². The molecule has 1 unspecified atom stereocenters. The molecule has 1 aromatic rings. The molecule has 0 aliphatic carbocycles. The van der Waals surface area contributed by atoms with Crippen LogP contribution in [0.15, 0.2) is 30.3 Å². The molecule has 118 valence electrons. The Morgan fingerprint density at radius 2 is 1.62 bits per heavy atom. The van der Waals surface area contributed by atoms with E-state index >= 15 is 0 Å². The zero-order valence-corrected chi connectivity index (χ0v) is 12.1. The number of aliphatic hydroxyl groups excluding tert-OH is 4. The Hall–Kier alpha value is -0.790. The van der Waals surface area contributed by atoms with Crippen LogP contribution in [0.3, 0.4) is 0 Å². The molecule has 0 bridgehead atoms. The Bertz CT molecular complexity index is 509. The molecule has 0 spiro atoms. The van der Waals surface area contributed by atoms with E-state index in [1.807, 2.05) is 30.3 Å². The molecule has 8 heteroatoms. The fraction of sp³-hybridized carbons (Fsp3) is 0.538. The number of ether oxygens (including phenoxy) is 1. The quantitative estimate of drug-likeness (QED) is 0.462. The molecular weight excluding hydrogens is 299 g/mol. The summed E-state index contributed by atoms with van der Waals surface area (Å²) in [6.07, 6.45) is -5.20. The van der Waals surface area contributed by atoms with Crippen LogP contribution in [0, 0.1) is 0 Å². The molecular formula is C13H19O7P. The van der Waals surface area contributed by atoms with Crippen molar-refractivity contribution in [3.63, 3.8) is 0 Å². The number of hydrogen-bond acceptors (Lipinski definition) is 6. The van der Waals surface area contributed by atoms with Gasteiger partial charge in [0.1, 0.15) is 12.2 Å². The molecule has 1 aliphatic heterocycles. The molecule has 5 N–H and O–H groups in total. The molecule has 1 aromatic carbocycles. The predicted octanol–water partition coefficient (Wildman–Crippen LogP) is -0.743. The standard InChI is InChI=1S/C13H19O7P/c14-10-9(7-20-6-8-4-2-1-3-5-8)21(18,19)13(17)12(16)11(10)15/h1-5,9-17H,6-7H2,(H,18,19)/t9-,10+,11-,12-,13+/m0/s1. The monoisotopic (exact) mass is 318 g/mol. The maximum Gasteiger partial charge on any atom is 0.238 e. The van der Waals surface area contributed by atoms with Crippen LogP contribution < -0.4 is 0 Å². The van der Waals surface area contributed by atoms with Gasteiger partial charge < -0.3 is 30.1 Å². The van der Waals surface area contributed by atoms with Gasteiger partial charge in [-0.15, -0.1) is 0 Å². The van der Waals surface area contributed by atoms with E-state index in [2.05, 4.69) is 0 Å². The van der Waals surface area contributed by atoms with Crippen molar-refractivity contribution in [3.05, 3.63) is 35.9 Å². The summed E-state index contributed by atoms with van der Waals surface area (Å²) < 4.78 is 17.4. The van der Waals surface area contributed by atoms with Crippen molar-refractivity contribution in [1.29, 1.82) is 0 Å². The highest BCUT2D eigenvalue weighted by Gasteiger charge is 2.55. The van der Waals surface area contributed by atoms with Gasteiger partial charge in [-0.05, 0) is 5.56 Å². The summed E-state index contributed by atoms with van der Waals surface area (Å²) in [6.45, 7) is -0.149. The van der Waals surface area contributed by atoms with Crippen molar-refractivity contribution in [2.75, 3.05) is 6.61 Å². The van der Waals surface area contributed by atoms with Crippen molar-refractivity contribution < 1.29 is 34.6 Å². The molecule has 1 aliphatic rings. The molecule has 6 atom stereocenters. The summed E-state index contributed by atoms with van der Waals surface area (Å²) in [4.78, 5) is 9.85. The maximum atomic E-state index is 12.1. The average molecular weight is 318 g/mol. The lowest BCUT2D eigenvalue weighted by molar-refractivity contribution is -0.108. The molecule has 7 nitrogen and oxygen atoms in total. The summed E-state index contributed by atoms with van der Waals surface area (Å²) in [5.41, 5.74) is -0.508. The molecule has 0 radical (unpaired) electrons. The zero-order valence-electron chi connectivity index (χ0n) is 11.2. The Morgan fingerprint density at radius 1 is 1.00 bits per heavy atom. The van der Waals surface area contributed by atoms with Crippen molar-refractivity contribution in [2.24, 2.45) is 0 Å². The van der Waals surface area contributed by atoms with Gasteiger partial charge in [0.15, 0.2) is 5.85 Å². The van der Waals surface area contributed by atoms with Gasteiger partial charge in [0.2, 0.25) is 7.37 Å². The van der Waals surface area contributed by atoms with E-state index in [1.54, 1.807) is 0 Å². The van der Waals surface area contributed by atoms with E-state index in [1.165, 1.54) is 0 Å². The summed E-state index contributed by atoms with van der Waals surface area (Å²) in [6, 6.07) is 9.08. The third-order valence-electron chi connectivity index (χ3n) is 3.65. The normalized spacial score (nSPS) is 40.1. The minimum Gasteiger partial charge on any atom is -0.389 e. The van der Waals surface area contributed by atoms with Gasteiger partial charge in [-0.25, -0.2) is 0 Å². The van der Waals surface area contributed by atoms with Gasteiger partial charge in [0, 0.05) is 0 Å². The fourth-order valence-electron chi connectivity index (χ4n) is 2.32. The van der Waals surface area contributed by atoms with Gasteiger partial charge in [0.25, 0.3) is 0 Å². The highest BCUT2D eigenvalue weighted by Crippen LogP contribution is 2.56. The molecule has 1 heterocycles. The van der Waals surface area contributed by atoms with Crippen LogP contribution in [-0.4, -0.2) is 61.7 Å². The summed E-state index contributed by atoms with van der Waals surface area (Å²) in [7, 11) is -4.29. The van der Waals surface area contributed by atoms with E-state index in [-0.39, 0.29) is 13.2 Å². The van der Waals surface area contributed by atoms with Crippen LogP contribution in [0.2, 0.25) is 0 Å². The molecule has 2 rings (SSSR count). The summed E-state index contributed by atoms with van der Waals surface area (Å²) >= 11 is 0. The van der Waals surface area contributed by atoms with Crippen molar-refractivity contribution in [1.82, 2.24) is 0 Å². The van der Waals surface area contributed by atoms with Crippen molar-refractivity contribution in [3.8, 4) is 0 Å². The first kappa shape index (κ1) is 16.6. The van der Waals surface area contributed by atoms with Gasteiger partial charge in [-0.2, -0.15) is 0 Å². The average Bonchev–Trinajstić information content (AvgIpc) is 2.48. The Labute approximate surface area is 121 Å². The van der Waals surface area contributed by atoms with Crippen LogP contribution in [0.4, 0.5) is 0 Å². The van der Waals surface area contributed by atoms with E-state index < -0.39 is 37.2 Å². The van der Waals surface area contributed by atoms with Gasteiger partial charge in [-0.3, -0.25) is 4.57 Å². The maximum absolute atomic E-state index is 12.1. The lowest BCUT2D eigenvalue weighted by Crippen LogP contribution is -2.56. The molecule has 0 aromatic heterocycles. The molecule has 0 saturated carbocycles. The van der Waals surface area contributed by atoms with E-state index in [9.17, 15) is 29.9 Å². The fourth-order valence-corrected chi connectivity index (χ4v) is 4.26. The first-order chi connectivity index (χ1) is 9.85. The topological polar surface area (TPSA) is 127 Å². The largest absolute Gasteiger partial charge is 0.389 e. The van der Waals surface area contributed by atoms with Crippen molar-refractivity contribution >= 4 is 7.37 Å². The first-order valence-corrected chi connectivity index (χ1v) is 8.31. The van der Waals surface area contributed by atoms with Crippen molar-refractivity contribution in [2.45, 2.75) is 36.4 Å². The Balaban J connectivity index is 2.02. The molecule has 0 amide bonds. The van der Waals surface area contributed by atoms with Crippen LogP contribution in [0.1, 0.15) is 5.56 Å². The van der Waals surface area contributed by atoms with Gasteiger partial charge >= 0.3 is 0 Å². The lowest BCUT2D eigenvalue weighted by atomic mass is 10.0. The Morgan fingerprint density at radius 3 is 2.24 bits per heavy atom. The third kappa shape index (κ3) is 3.35. The molecule has 21 heavy (non-hydrogen) atoms. The number of benzene rings is 1. The molecule has 1 saturated heterocycles. The van der Waals surface area contributed by atoms with Gasteiger partial charge in [0.05, 0.1) is 25.0 Å². The van der Waals surface area contributed by atoms with Crippen LogP contribution in [0.25, 0.3) is 0 Å². The summed E-state index contributed by atoms with van der Waals surface area (Å²) in [5, 5.41) is 38.4. The minimum absolute atomic E-state index is 0.165. The SMILES string of the molecule is O=P1(O)[C@@H](O)[C@@H](O)[C@@H](O)[C@H](O)[C@@H]1COCc1ccccc1. The van der Waals surface area contributed by atoms with E-state index in [0.29, 0.717) is 0 Å². The second-order valence-corrected chi connectivity index (χ2v) is 7.66. The molecule has 1 fully saturated rings. The number of aliphatic hydroxyl groups is 4. The van der Waals surface area contributed by atoms with E-state index in [0.717, 1.165) is 5.56 Å². The lowest BCUT2D eigenvalue weighted by Gasteiger charge is -2.41. The smallest absolute Gasteiger partial charge is 0.238 e. The van der Waals surface area contributed by atoms with Gasteiger partial charge in [-0.1, -0.05) is 30.3 Å². The van der Waals surface area contributed by atoms with Crippen LogP contribution in [0.5, 0.6) is 0 Å². The zero-order chi connectivity index (χ0) is 15.6. The van der Waals surface area contributed by atoms with Crippen LogP contribution in [-0.2, 0) is 15.9 Å². The number of rotatable bonds is 4. The predicted molar refractivity (Wildman–Crippen MR) is 73.7 cm³/mol. The first-order valence-electron chi connectivity index (χ1n) is 6.51. The minimum atomic E-state index is -4.29. The Kier molecular flexibility index (Phi) is 5.16. The second-order valence-electron chi connectivity index (χ2n) is 5.13. The third-order valence-corrected chi connectivity index (χ3v) is 6.12. The highest BCUT2D eigenvalue weighted by atomic mass is 31.2.